The van der Waals surface area contributed by atoms with E-state index in [9.17, 15) is 13.2 Å². The van der Waals surface area contributed by atoms with E-state index < -0.39 is 11.9 Å². The molecule has 4 aromatic rings. The molecule has 0 aliphatic carbocycles. The van der Waals surface area contributed by atoms with Crippen LogP contribution >= 0.6 is 11.3 Å². The monoisotopic (exact) mass is 438 g/mol. The number of fused-ring (bicyclic) bond motifs is 1. The van der Waals surface area contributed by atoms with Crippen LogP contribution in [-0.2, 0) is 6.18 Å². The Bertz CT molecular complexity index is 1290. The summed E-state index contributed by atoms with van der Waals surface area (Å²) >= 11 is 0.772. The van der Waals surface area contributed by atoms with Gasteiger partial charge >= 0.3 is 6.18 Å². The molecule has 0 saturated heterocycles. The molecule has 3 aromatic carbocycles. The number of nitrogens with zero attached hydrogens (tertiary/aromatic N) is 6. The molecular weight excluding hydrogens is 425 g/mol. The van der Waals surface area contributed by atoms with E-state index in [0.717, 1.165) is 33.2 Å². The lowest BCUT2D eigenvalue weighted by atomic mass is 10.1. The molecule has 154 valence electrons. The van der Waals surface area contributed by atoms with E-state index >= 15 is 0 Å². The number of aliphatic imine (C=N–C) groups is 1. The lowest BCUT2D eigenvalue weighted by molar-refractivity contribution is -0.140. The second-order valence-electron chi connectivity index (χ2n) is 6.24. The first-order chi connectivity index (χ1) is 14.9. The van der Waals surface area contributed by atoms with E-state index in [-0.39, 0.29) is 5.13 Å². The molecule has 4 rings (SSSR count). The van der Waals surface area contributed by atoms with Crippen LogP contribution in [0.2, 0.25) is 0 Å². The van der Waals surface area contributed by atoms with Gasteiger partial charge in [-0.05, 0) is 43.1 Å². The smallest absolute Gasteiger partial charge is 0.264 e. The van der Waals surface area contributed by atoms with E-state index in [1.165, 1.54) is 0 Å². The van der Waals surface area contributed by atoms with Crippen LogP contribution in [0.1, 0.15) is 5.69 Å². The number of benzene rings is 3. The van der Waals surface area contributed by atoms with Gasteiger partial charge in [-0.15, -0.1) is 26.7 Å². The van der Waals surface area contributed by atoms with Gasteiger partial charge in [0.15, 0.2) is 5.69 Å². The maximum atomic E-state index is 12.6. The van der Waals surface area contributed by atoms with Gasteiger partial charge in [0.25, 0.3) is 0 Å². The largest absolute Gasteiger partial charge is 0.434 e. The van der Waals surface area contributed by atoms with E-state index in [2.05, 4.69) is 37.2 Å². The fourth-order valence-electron chi connectivity index (χ4n) is 2.73. The average molecular weight is 438 g/mol. The lowest BCUT2D eigenvalue weighted by Gasteiger charge is -2.04. The Labute approximate surface area is 178 Å². The topological polar surface area (TPSA) is 74.7 Å². The van der Waals surface area contributed by atoms with E-state index in [1.807, 2.05) is 36.4 Å². The minimum Gasteiger partial charge on any atom is -0.264 e. The second kappa shape index (κ2) is 8.52. The zero-order chi connectivity index (χ0) is 21.8. The molecule has 6 nitrogen and oxygen atoms in total. The van der Waals surface area contributed by atoms with Crippen LogP contribution in [0.5, 0.6) is 0 Å². The molecule has 1 aromatic heterocycles. The Morgan fingerprint density at radius 1 is 0.742 bits per heavy atom. The van der Waals surface area contributed by atoms with Gasteiger partial charge in [-0.25, -0.2) is 4.98 Å². The minimum absolute atomic E-state index is 0.0690. The summed E-state index contributed by atoms with van der Waals surface area (Å²) in [5.74, 6) is 0. The van der Waals surface area contributed by atoms with Crippen molar-refractivity contribution >= 4 is 56.7 Å². The highest BCUT2D eigenvalue weighted by atomic mass is 32.1. The van der Waals surface area contributed by atoms with Crippen molar-refractivity contribution in [2.24, 2.45) is 25.4 Å². The first-order valence-corrected chi connectivity index (χ1v) is 9.77. The Morgan fingerprint density at radius 2 is 1.32 bits per heavy atom. The van der Waals surface area contributed by atoms with E-state index in [4.69, 9.17) is 0 Å². The summed E-state index contributed by atoms with van der Waals surface area (Å²) in [6.07, 6.45) is -4.50. The summed E-state index contributed by atoms with van der Waals surface area (Å²) in [6, 6.07) is 18.0. The van der Waals surface area contributed by atoms with Gasteiger partial charge in [-0.2, -0.15) is 18.3 Å². The normalized spacial score (nSPS) is 12.2. The number of halogens is 3. The van der Waals surface area contributed by atoms with Gasteiger partial charge in [-0.1, -0.05) is 24.3 Å². The highest BCUT2D eigenvalue weighted by Gasteiger charge is 2.33. The third-order valence-corrected chi connectivity index (χ3v) is 4.93. The summed E-state index contributed by atoms with van der Waals surface area (Å²) in [4.78, 5) is 7.42. The number of rotatable bonds is 5. The Kier molecular flexibility index (Phi) is 5.63. The summed E-state index contributed by atoms with van der Waals surface area (Å²) in [6.45, 7) is 3.58. The maximum absolute atomic E-state index is 12.6. The molecule has 0 atom stereocenters. The number of hydrogen-bond acceptors (Lipinski definition) is 7. The molecule has 0 unspecified atom stereocenters. The SMILES string of the molecule is C=Nc1ccc(/N=N/c2ccc(/N=N/c3nc(C(F)(F)F)cs3)cc2)c2ccccc12. The predicted molar refractivity (Wildman–Crippen MR) is 115 cm³/mol. The number of azo groups is 2. The van der Waals surface area contributed by atoms with Gasteiger partial charge in [0.1, 0.15) is 0 Å². The zero-order valence-electron chi connectivity index (χ0n) is 15.8. The van der Waals surface area contributed by atoms with Crippen molar-refractivity contribution in [3.05, 3.63) is 71.7 Å². The van der Waals surface area contributed by atoms with Crippen LogP contribution in [0.4, 0.5) is 41.1 Å². The van der Waals surface area contributed by atoms with Crippen molar-refractivity contribution in [1.82, 2.24) is 4.98 Å². The van der Waals surface area contributed by atoms with E-state index in [1.54, 1.807) is 24.3 Å². The third-order valence-electron chi connectivity index (χ3n) is 4.20. The fraction of sp³-hybridized carbons (Fsp3) is 0.0476. The Hall–Kier alpha value is -3.79. The van der Waals surface area contributed by atoms with Crippen LogP contribution in [0.25, 0.3) is 10.8 Å². The molecule has 0 aliphatic rings. The first kappa shape index (κ1) is 20.5. The third kappa shape index (κ3) is 4.69. The highest BCUT2D eigenvalue weighted by Crippen LogP contribution is 2.35. The molecule has 0 radical (unpaired) electrons. The minimum atomic E-state index is -4.50. The van der Waals surface area contributed by atoms with Crippen molar-refractivity contribution in [3.63, 3.8) is 0 Å². The van der Waals surface area contributed by atoms with Crippen LogP contribution in [0.15, 0.2) is 91.5 Å². The summed E-state index contributed by atoms with van der Waals surface area (Å²) < 4.78 is 37.7. The molecule has 0 amide bonds. The standard InChI is InChI=1S/C21H13F3N6S/c1-25-17-10-11-18(16-5-3-2-4-15(16)17)29-27-13-6-8-14(9-7-13)28-30-20-26-19(12-31-20)21(22,23)24/h2-12H,1H2/b29-27+,30-28+. The summed E-state index contributed by atoms with van der Waals surface area (Å²) in [5.41, 5.74) is 1.52. The molecule has 0 bridgehead atoms. The molecule has 31 heavy (non-hydrogen) atoms. The van der Waals surface area contributed by atoms with Crippen molar-refractivity contribution in [2.45, 2.75) is 6.18 Å². The van der Waals surface area contributed by atoms with E-state index in [0.29, 0.717) is 17.1 Å². The molecule has 0 fully saturated rings. The summed E-state index contributed by atoms with van der Waals surface area (Å²) in [5, 5.41) is 18.9. The first-order valence-electron chi connectivity index (χ1n) is 8.89. The predicted octanol–water partition coefficient (Wildman–Crippen LogP) is 8.48. The molecular formula is C21H13F3N6S. The summed E-state index contributed by atoms with van der Waals surface area (Å²) in [7, 11) is 0. The average Bonchev–Trinajstić information content (AvgIpc) is 3.26. The quantitative estimate of drug-likeness (QED) is 0.227. The number of alkyl halides is 3. The van der Waals surface area contributed by atoms with Crippen LogP contribution < -0.4 is 0 Å². The van der Waals surface area contributed by atoms with Gasteiger partial charge in [0.05, 0.1) is 22.7 Å². The van der Waals surface area contributed by atoms with Crippen molar-refractivity contribution in [1.29, 1.82) is 0 Å². The maximum Gasteiger partial charge on any atom is 0.434 e. The molecule has 10 heteroatoms. The van der Waals surface area contributed by atoms with Gasteiger partial charge in [0, 0.05) is 16.2 Å². The molecule has 1 heterocycles. The number of hydrogen-bond donors (Lipinski definition) is 0. The molecule has 0 saturated carbocycles. The van der Waals surface area contributed by atoms with Crippen LogP contribution in [0, 0.1) is 0 Å². The molecule has 0 N–H and O–H groups in total. The van der Waals surface area contributed by atoms with Gasteiger partial charge < -0.3 is 0 Å². The zero-order valence-corrected chi connectivity index (χ0v) is 16.6. The van der Waals surface area contributed by atoms with Crippen LogP contribution in [0.3, 0.4) is 0 Å². The number of thiazole rings is 1. The van der Waals surface area contributed by atoms with Gasteiger partial charge in [-0.3, -0.25) is 4.99 Å². The lowest BCUT2D eigenvalue weighted by Crippen LogP contribution is -2.04. The Balaban J connectivity index is 1.50. The van der Waals surface area contributed by atoms with Crippen LogP contribution in [-0.4, -0.2) is 11.7 Å². The van der Waals surface area contributed by atoms with Crippen molar-refractivity contribution in [2.75, 3.05) is 0 Å². The number of aromatic nitrogens is 1. The van der Waals surface area contributed by atoms with Crippen molar-refractivity contribution < 1.29 is 13.2 Å². The van der Waals surface area contributed by atoms with Gasteiger partial charge in [0.2, 0.25) is 5.13 Å². The highest BCUT2D eigenvalue weighted by molar-refractivity contribution is 7.13. The molecule has 0 aliphatic heterocycles. The Morgan fingerprint density at radius 3 is 1.90 bits per heavy atom. The second-order valence-corrected chi connectivity index (χ2v) is 7.07. The van der Waals surface area contributed by atoms with Crippen molar-refractivity contribution in [3.8, 4) is 0 Å². The molecule has 0 spiro atoms. The fourth-order valence-corrected chi connectivity index (χ4v) is 3.37.